The number of nitrogens with one attached hydrogen (secondary N) is 1. The molecule has 0 saturated carbocycles. The van der Waals surface area contributed by atoms with Gasteiger partial charge in [-0.3, -0.25) is 0 Å². The van der Waals surface area contributed by atoms with Crippen molar-refractivity contribution in [1.29, 1.82) is 0 Å². The number of hydrogen-bond acceptors (Lipinski definition) is 3. The molecule has 0 saturated heterocycles. The first-order valence-electron chi connectivity index (χ1n) is 9.58. The van der Waals surface area contributed by atoms with Crippen LogP contribution in [0, 0.1) is 0 Å². The first kappa shape index (κ1) is 21.9. The Morgan fingerprint density at radius 3 is 2.52 bits per heavy atom. The number of aromatic nitrogens is 1. The molecule has 160 valence electrons. The Kier molecular flexibility index (Phi) is 5.90. The number of carbonyl (C=O) groups is 1. The maximum Gasteiger partial charge on any atom is 0.405 e. The summed E-state index contributed by atoms with van der Waals surface area (Å²) in [7, 11) is 0. The van der Waals surface area contributed by atoms with Crippen LogP contribution in [0.2, 0.25) is 10.0 Å². The molecule has 0 radical (unpaired) electrons. The highest BCUT2D eigenvalue weighted by Crippen LogP contribution is 2.44. The van der Waals surface area contributed by atoms with Crippen molar-refractivity contribution < 1.29 is 14.6 Å². The lowest BCUT2D eigenvalue weighted by atomic mass is 9.88. The number of ether oxygens (including phenoxy) is 1. The van der Waals surface area contributed by atoms with Crippen LogP contribution in [0.5, 0.6) is 5.88 Å². The van der Waals surface area contributed by atoms with Gasteiger partial charge in [0, 0.05) is 32.6 Å². The zero-order valence-electron chi connectivity index (χ0n) is 16.7. The zero-order chi connectivity index (χ0) is 22.3. The lowest BCUT2D eigenvalue weighted by molar-refractivity contribution is 0.0604. The van der Waals surface area contributed by atoms with Gasteiger partial charge in [0.2, 0.25) is 5.88 Å². The van der Waals surface area contributed by atoms with Crippen LogP contribution in [0.25, 0.3) is 22.4 Å². The molecule has 5 nitrogen and oxygen atoms in total. The molecule has 31 heavy (non-hydrogen) atoms. The number of hydrogen-bond donors (Lipinski definition) is 2. The van der Waals surface area contributed by atoms with E-state index < -0.39 is 17.7 Å². The molecule has 0 fully saturated rings. The maximum atomic E-state index is 11.4. The highest BCUT2D eigenvalue weighted by molar-refractivity contribution is 9.10. The van der Waals surface area contributed by atoms with E-state index in [2.05, 4.69) is 21.2 Å². The fourth-order valence-corrected chi connectivity index (χ4v) is 4.65. The third kappa shape index (κ3) is 4.66. The zero-order valence-corrected chi connectivity index (χ0v) is 19.8. The van der Waals surface area contributed by atoms with Crippen molar-refractivity contribution in [3.8, 4) is 28.3 Å². The molecule has 0 spiro atoms. The number of benzene rings is 2. The summed E-state index contributed by atoms with van der Waals surface area (Å²) in [6.45, 7) is 3.82. The molecule has 1 unspecified atom stereocenters. The third-order valence-corrected chi connectivity index (χ3v) is 6.16. The summed E-state index contributed by atoms with van der Waals surface area (Å²) in [5.41, 5.74) is 3.17. The Morgan fingerprint density at radius 1 is 1.16 bits per heavy atom. The van der Waals surface area contributed by atoms with Crippen LogP contribution in [-0.2, 0) is 0 Å². The van der Waals surface area contributed by atoms with Crippen molar-refractivity contribution >= 4 is 45.2 Å². The second-order valence-electron chi connectivity index (χ2n) is 7.98. The summed E-state index contributed by atoms with van der Waals surface area (Å²) in [4.78, 5) is 16.3. The lowest BCUT2D eigenvalue weighted by Gasteiger charge is -2.37. The van der Waals surface area contributed by atoms with Crippen molar-refractivity contribution in [3.63, 3.8) is 0 Å². The number of fused-ring (bicyclic) bond motifs is 1. The van der Waals surface area contributed by atoms with Gasteiger partial charge in [0.05, 0.1) is 16.8 Å². The quantitative estimate of drug-likeness (QED) is 0.377. The summed E-state index contributed by atoms with van der Waals surface area (Å²) in [5.74, 6) is 0.390. The van der Waals surface area contributed by atoms with Crippen LogP contribution < -0.4 is 10.1 Å². The van der Waals surface area contributed by atoms with Gasteiger partial charge in [-0.25, -0.2) is 9.78 Å². The molecular weight excluding hydrogens is 503 g/mol. The van der Waals surface area contributed by atoms with Crippen molar-refractivity contribution in [2.75, 3.05) is 0 Å². The molecule has 2 aromatic carbocycles. The van der Waals surface area contributed by atoms with Gasteiger partial charge in [0.25, 0.3) is 0 Å². The SMILES string of the molecule is CC1(C)CC(NC(=O)O)c2cc(-c3ccc(Cl)cc3)c(-c3ccc(Br)cc3Cl)nc2O1. The molecular formula is C23H19BrCl2N2O3. The van der Waals surface area contributed by atoms with Crippen molar-refractivity contribution in [2.24, 2.45) is 0 Å². The molecule has 1 amide bonds. The number of nitrogens with zero attached hydrogens (tertiary/aromatic N) is 1. The average molecular weight is 522 g/mol. The molecule has 1 aliphatic heterocycles. The summed E-state index contributed by atoms with van der Waals surface area (Å²) in [5, 5.41) is 13.1. The van der Waals surface area contributed by atoms with E-state index in [1.165, 1.54) is 0 Å². The Bertz CT molecular complexity index is 1170. The van der Waals surface area contributed by atoms with Crippen LogP contribution in [0.15, 0.2) is 53.0 Å². The van der Waals surface area contributed by atoms with Crippen LogP contribution in [0.3, 0.4) is 0 Å². The van der Waals surface area contributed by atoms with E-state index in [4.69, 9.17) is 32.9 Å². The smallest absolute Gasteiger partial charge is 0.405 e. The van der Waals surface area contributed by atoms with Gasteiger partial charge in [-0.1, -0.05) is 57.3 Å². The molecule has 3 aromatic rings. The number of rotatable bonds is 3. The number of carboxylic acid groups (broad SMARTS) is 1. The van der Waals surface area contributed by atoms with E-state index >= 15 is 0 Å². The number of pyridine rings is 1. The topological polar surface area (TPSA) is 71.5 Å². The Balaban J connectivity index is 1.97. The molecule has 4 rings (SSSR count). The van der Waals surface area contributed by atoms with Gasteiger partial charge in [-0.2, -0.15) is 0 Å². The second-order valence-corrected chi connectivity index (χ2v) is 9.74. The lowest BCUT2D eigenvalue weighted by Crippen LogP contribution is -2.41. The number of amides is 1. The van der Waals surface area contributed by atoms with Gasteiger partial charge in [0.15, 0.2) is 0 Å². The minimum Gasteiger partial charge on any atom is -0.471 e. The van der Waals surface area contributed by atoms with Gasteiger partial charge in [-0.15, -0.1) is 0 Å². The van der Waals surface area contributed by atoms with Crippen molar-refractivity contribution in [2.45, 2.75) is 31.9 Å². The predicted octanol–water partition coefficient (Wildman–Crippen LogP) is 7.35. The van der Waals surface area contributed by atoms with Gasteiger partial charge >= 0.3 is 6.09 Å². The van der Waals surface area contributed by atoms with E-state index in [0.29, 0.717) is 33.6 Å². The van der Waals surface area contributed by atoms with E-state index in [0.717, 1.165) is 21.2 Å². The highest BCUT2D eigenvalue weighted by Gasteiger charge is 2.36. The van der Waals surface area contributed by atoms with E-state index in [9.17, 15) is 9.90 Å². The van der Waals surface area contributed by atoms with Gasteiger partial charge in [-0.05, 0) is 49.7 Å². The summed E-state index contributed by atoms with van der Waals surface area (Å²) >= 11 is 16.1. The fraction of sp³-hybridized carbons (Fsp3) is 0.217. The van der Waals surface area contributed by atoms with Crippen molar-refractivity contribution in [1.82, 2.24) is 10.3 Å². The molecule has 1 atom stereocenters. The molecule has 2 N–H and O–H groups in total. The molecule has 8 heteroatoms. The minimum atomic E-state index is -1.10. The normalized spacial score (nSPS) is 16.9. The van der Waals surface area contributed by atoms with Crippen molar-refractivity contribution in [3.05, 3.63) is 68.6 Å². The number of halogens is 3. The van der Waals surface area contributed by atoms with Crippen LogP contribution in [0.1, 0.15) is 31.9 Å². The predicted molar refractivity (Wildman–Crippen MR) is 126 cm³/mol. The van der Waals surface area contributed by atoms with E-state index in [1.54, 1.807) is 12.1 Å². The monoisotopic (exact) mass is 520 g/mol. The maximum absolute atomic E-state index is 11.4. The van der Waals surface area contributed by atoms with Crippen LogP contribution >= 0.6 is 39.1 Å². The molecule has 1 aromatic heterocycles. The average Bonchev–Trinajstić information content (AvgIpc) is 2.67. The second kappa shape index (κ2) is 8.34. The molecule has 0 bridgehead atoms. The third-order valence-electron chi connectivity index (χ3n) is 5.10. The highest BCUT2D eigenvalue weighted by atomic mass is 79.9. The summed E-state index contributed by atoms with van der Waals surface area (Å²) in [6.07, 6.45) is -0.617. The van der Waals surface area contributed by atoms with Gasteiger partial charge in [0.1, 0.15) is 5.60 Å². The minimum absolute atomic E-state index is 0.390. The Morgan fingerprint density at radius 2 is 1.87 bits per heavy atom. The van der Waals surface area contributed by atoms with E-state index in [1.807, 2.05) is 50.2 Å². The van der Waals surface area contributed by atoms with E-state index in [-0.39, 0.29) is 0 Å². The molecule has 1 aliphatic rings. The standard InChI is InChI=1S/C23H19BrCl2N2O3/c1-23(2)11-19(27-22(29)30)17-10-16(12-3-6-14(25)7-4-12)20(28-21(17)31-23)15-8-5-13(24)9-18(15)26/h3-10,19,27H,11H2,1-2H3,(H,29,30). The summed E-state index contributed by atoms with van der Waals surface area (Å²) < 4.78 is 7.01. The first-order valence-corrected chi connectivity index (χ1v) is 11.1. The molecule has 2 heterocycles. The first-order chi connectivity index (χ1) is 14.6. The summed E-state index contributed by atoms with van der Waals surface area (Å²) in [6, 6.07) is 14.5. The van der Waals surface area contributed by atoms with Gasteiger partial charge < -0.3 is 15.2 Å². The Labute approximate surface area is 198 Å². The van der Waals surface area contributed by atoms with Crippen LogP contribution in [0.4, 0.5) is 4.79 Å². The fourth-order valence-electron chi connectivity index (χ4n) is 3.76. The Hall–Kier alpha value is -2.28. The molecule has 0 aliphatic carbocycles. The largest absolute Gasteiger partial charge is 0.471 e. The van der Waals surface area contributed by atoms with Crippen LogP contribution in [-0.4, -0.2) is 21.8 Å².